The summed E-state index contributed by atoms with van der Waals surface area (Å²) < 4.78 is 2.39. The van der Waals surface area contributed by atoms with Gasteiger partial charge >= 0.3 is 0 Å². The van der Waals surface area contributed by atoms with E-state index in [0.717, 1.165) is 72.3 Å². The fourth-order valence-electron chi connectivity index (χ4n) is 7.46. The highest BCUT2D eigenvalue weighted by Gasteiger charge is 2.20. The zero-order chi connectivity index (χ0) is 35.1. The van der Waals surface area contributed by atoms with Gasteiger partial charge in [0.15, 0.2) is 5.82 Å². The average molecular weight is 677 g/mol. The first-order valence-corrected chi connectivity index (χ1v) is 17.9. The number of pyridine rings is 1. The topological polar surface area (TPSA) is 43.6 Å². The fraction of sp³-hybridized carbons (Fsp3) is 0. The van der Waals surface area contributed by atoms with Gasteiger partial charge in [-0.15, -0.1) is 0 Å². The number of fused-ring (bicyclic) bond motifs is 5. The third-order valence-corrected chi connectivity index (χ3v) is 10.0. The van der Waals surface area contributed by atoms with Gasteiger partial charge in [-0.05, 0) is 41.5 Å². The van der Waals surface area contributed by atoms with E-state index >= 15 is 0 Å². The second-order valence-electron chi connectivity index (χ2n) is 13.2. The average Bonchev–Trinajstić information content (AvgIpc) is 3.60. The summed E-state index contributed by atoms with van der Waals surface area (Å²) in [6, 6.07) is 67.8. The molecule has 0 radical (unpaired) electrons. The van der Waals surface area contributed by atoms with Crippen LogP contribution in [0.5, 0.6) is 0 Å². The van der Waals surface area contributed by atoms with Crippen LogP contribution in [0.15, 0.2) is 194 Å². The van der Waals surface area contributed by atoms with Crippen LogP contribution in [-0.2, 0) is 0 Å². The fourth-order valence-corrected chi connectivity index (χ4v) is 7.46. The molecule has 10 aromatic rings. The Hall–Kier alpha value is -7.17. The van der Waals surface area contributed by atoms with Crippen LogP contribution in [0.3, 0.4) is 0 Å². The summed E-state index contributed by atoms with van der Waals surface area (Å²) >= 11 is 0. The van der Waals surface area contributed by atoms with Crippen molar-refractivity contribution in [3.05, 3.63) is 194 Å². The Bertz CT molecular complexity index is 2900. The molecule has 53 heavy (non-hydrogen) atoms. The largest absolute Gasteiger partial charge is 0.308 e. The molecule has 0 saturated carbocycles. The predicted octanol–water partition coefficient (Wildman–Crippen LogP) is 12.5. The van der Waals surface area contributed by atoms with Crippen LogP contribution in [-0.4, -0.2) is 19.5 Å². The molecule has 3 heterocycles. The van der Waals surface area contributed by atoms with Gasteiger partial charge in [-0.1, -0.05) is 164 Å². The Kier molecular flexibility index (Phi) is 7.43. The van der Waals surface area contributed by atoms with Crippen LogP contribution in [0.2, 0.25) is 0 Å². The zero-order valence-electron chi connectivity index (χ0n) is 28.8. The molecule has 0 aliphatic carbocycles. The van der Waals surface area contributed by atoms with E-state index in [9.17, 15) is 0 Å². The number of para-hydroxylation sites is 2. The van der Waals surface area contributed by atoms with E-state index in [1.54, 1.807) is 0 Å². The third kappa shape index (κ3) is 5.45. The summed E-state index contributed by atoms with van der Waals surface area (Å²) in [5, 5.41) is 3.45. The lowest BCUT2D eigenvalue weighted by Crippen LogP contribution is -1.98. The molecule has 0 amide bonds. The molecule has 0 bridgehead atoms. The smallest absolute Gasteiger partial charge is 0.160 e. The molecule has 10 rings (SSSR count). The van der Waals surface area contributed by atoms with Crippen LogP contribution in [0, 0.1) is 0 Å². The lowest BCUT2D eigenvalue weighted by Gasteiger charge is -2.13. The first-order chi connectivity index (χ1) is 26.3. The number of nitrogens with zero attached hydrogens (tertiary/aromatic N) is 4. The van der Waals surface area contributed by atoms with Crippen molar-refractivity contribution in [1.29, 1.82) is 0 Å². The molecule has 3 aromatic heterocycles. The van der Waals surface area contributed by atoms with Crippen molar-refractivity contribution in [3.63, 3.8) is 0 Å². The second kappa shape index (κ2) is 12.9. The SMILES string of the molecule is c1ccc(-c2ccc(-c3cc(-c4ccc(-n5c6ccccc6c6c(-c7ccccc7)nc7ccccc7c65)cc4)nc(-c4ccccc4)n3)cc2)cc1. The summed E-state index contributed by atoms with van der Waals surface area (Å²) in [5.41, 5.74) is 13.6. The number of hydrogen-bond donors (Lipinski definition) is 0. The molecule has 7 aromatic carbocycles. The Morgan fingerprint density at radius 2 is 0.849 bits per heavy atom. The van der Waals surface area contributed by atoms with Crippen molar-refractivity contribution < 1.29 is 0 Å². The zero-order valence-corrected chi connectivity index (χ0v) is 28.8. The maximum atomic E-state index is 5.24. The van der Waals surface area contributed by atoms with E-state index < -0.39 is 0 Å². The Morgan fingerprint density at radius 3 is 1.51 bits per heavy atom. The summed E-state index contributed by atoms with van der Waals surface area (Å²) in [5.74, 6) is 0.698. The van der Waals surface area contributed by atoms with E-state index in [4.69, 9.17) is 15.0 Å². The highest BCUT2D eigenvalue weighted by Crippen LogP contribution is 2.41. The van der Waals surface area contributed by atoms with Crippen LogP contribution in [0.25, 0.3) is 94.7 Å². The Balaban J connectivity index is 1.13. The van der Waals surface area contributed by atoms with Crippen molar-refractivity contribution >= 4 is 32.7 Å². The van der Waals surface area contributed by atoms with Crippen LogP contribution < -0.4 is 0 Å². The first-order valence-electron chi connectivity index (χ1n) is 17.9. The quantitative estimate of drug-likeness (QED) is 0.176. The Labute approximate surface area is 307 Å². The van der Waals surface area contributed by atoms with Crippen molar-refractivity contribution in [2.45, 2.75) is 0 Å². The molecule has 4 heteroatoms. The first kappa shape index (κ1) is 30.6. The Morgan fingerprint density at radius 1 is 0.358 bits per heavy atom. The monoisotopic (exact) mass is 676 g/mol. The summed E-state index contributed by atoms with van der Waals surface area (Å²) in [4.78, 5) is 15.4. The molecule has 0 aliphatic rings. The maximum absolute atomic E-state index is 5.24. The maximum Gasteiger partial charge on any atom is 0.160 e. The van der Waals surface area contributed by atoms with Crippen molar-refractivity contribution in [2.24, 2.45) is 0 Å². The number of hydrogen-bond acceptors (Lipinski definition) is 3. The minimum Gasteiger partial charge on any atom is -0.308 e. The van der Waals surface area contributed by atoms with E-state index in [1.807, 2.05) is 24.3 Å². The summed E-state index contributed by atoms with van der Waals surface area (Å²) in [6.45, 7) is 0. The third-order valence-electron chi connectivity index (χ3n) is 10.0. The van der Waals surface area contributed by atoms with E-state index in [-0.39, 0.29) is 0 Å². The van der Waals surface area contributed by atoms with Crippen LogP contribution in [0.4, 0.5) is 0 Å². The van der Waals surface area contributed by atoms with Crippen LogP contribution in [0.1, 0.15) is 0 Å². The van der Waals surface area contributed by atoms with Gasteiger partial charge in [0.2, 0.25) is 0 Å². The molecule has 0 atom stereocenters. The van der Waals surface area contributed by atoms with Gasteiger partial charge < -0.3 is 4.57 Å². The highest BCUT2D eigenvalue weighted by molar-refractivity contribution is 6.22. The molecule has 0 unspecified atom stereocenters. The predicted molar refractivity (Wildman–Crippen MR) is 219 cm³/mol. The van der Waals surface area contributed by atoms with E-state index in [0.29, 0.717) is 5.82 Å². The minimum absolute atomic E-state index is 0.698. The van der Waals surface area contributed by atoms with Gasteiger partial charge in [0, 0.05) is 44.1 Å². The molecular formula is C49H32N4. The lowest BCUT2D eigenvalue weighted by atomic mass is 10.0. The van der Waals surface area contributed by atoms with E-state index in [2.05, 4.69) is 174 Å². The number of rotatable bonds is 6. The molecule has 0 fully saturated rings. The molecule has 4 nitrogen and oxygen atoms in total. The lowest BCUT2D eigenvalue weighted by molar-refractivity contribution is 1.17. The van der Waals surface area contributed by atoms with Gasteiger partial charge in [-0.25, -0.2) is 15.0 Å². The van der Waals surface area contributed by atoms with Crippen molar-refractivity contribution in [2.75, 3.05) is 0 Å². The number of benzene rings is 7. The van der Waals surface area contributed by atoms with E-state index in [1.165, 1.54) is 16.5 Å². The second-order valence-corrected chi connectivity index (χ2v) is 13.2. The molecular weight excluding hydrogens is 645 g/mol. The molecule has 0 N–H and O–H groups in total. The molecule has 0 saturated heterocycles. The minimum atomic E-state index is 0.698. The summed E-state index contributed by atoms with van der Waals surface area (Å²) in [6.07, 6.45) is 0. The molecule has 0 spiro atoms. The van der Waals surface area contributed by atoms with Gasteiger partial charge in [0.1, 0.15) is 0 Å². The van der Waals surface area contributed by atoms with Gasteiger partial charge in [-0.3, -0.25) is 0 Å². The van der Waals surface area contributed by atoms with Gasteiger partial charge in [0.05, 0.1) is 33.6 Å². The highest BCUT2D eigenvalue weighted by atomic mass is 15.0. The molecule has 248 valence electrons. The van der Waals surface area contributed by atoms with Gasteiger partial charge in [-0.2, -0.15) is 0 Å². The summed E-state index contributed by atoms with van der Waals surface area (Å²) in [7, 11) is 0. The van der Waals surface area contributed by atoms with Crippen molar-refractivity contribution in [3.8, 4) is 62.0 Å². The van der Waals surface area contributed by atoms with Crippen molar-refractivity contribution in [1.82, 2.24) is 19.5 Å². The molecule has 0 aliphatic heterocycles. The standard InChI is InChI=1S/C49H32N4/c1-4-14-33(15-5-1)34-24-26-35(27-25-34)43-32-44(52-49(51-43)38-18-8-3-9-19-38)36-28-30-39(31-29-36)53-45-23-13-11-21-41(45)46-47(37-16-6-2-7-17-37)50-42-22-12-10-20-40(42)48(46)53/h1-32H. The van der Waals surface area contributed by atoms with Crippen LogP contribution >= 0.6 is 0 Å². The van der Waals surface area contributed by atoms with Gasteiger partial charge in [0.25, 0.3) is 0 Å². The number of aromatic nitrogens is 4. The normalized spacial score (nSPS) is 11.4.